The van der Waals surface area contributed by atoms with Crippen molar-refractivity contribution in [2.24, 2.45) is 10.7 Å². The van der Waals surface area contributed by atoms with Gasteiger partial charge < -0.3 is 10.3 Å². The highest BCUT2D eigenvalue weighted by atomic mass is 15.1. The number of nitrogens with two attached hydrogens (primary N) is 1. The van der Waals surface area contributed by atoms with Crippen LogP contribution in [0.25, 0.3) is 39.4 Å². The lowest BCUT2D eigenvalue weighted by atomic mass is 9.67. The van der Waals surface area contributed by atoms with Gasteiger partial charge in [0.2, 0.25) is 0 Å². The van der Waals surface area contributed by atoms with E-state index in [1.54, 1.807) is 0 Å². The minimum atomic E-state index is -0.195. The summed E-state index contributed by atoms with van der Waals surface area (Å²) in [7, 11) is 0. The standard InChI is InChI=1S/C47H41N3/c1-30-25-26-36-35-22-13-14-24-39(35)47(3)27-15-23-37-38(32-16-7-4-8-17-32)28-42-44(45(37)47)43(36)46(30)50(42)31(2)49-41(34-20-11-6-12-21-34)29-40(48)33-18-9-5-10-19-33/h4-24,26,28-31H,25,27,48H2,1-3H3/b40-29-,49-41?. The van der Waals surface area contributed by atoms with Crippen LogP contribution in [0.15, 0.2) is 145 Å². The minimum Gasteiger partial charge on any atom is -0.398 e. The lowest BCUT2D eigenvalue weighted by molar-refractivity contribution is 0.544. The summed E-state index contributed by atoms with van der Waals surface area (Å²) in [6.45, 7) is 7.11. The van der Waals surface area contributed by atoms with E-state index in [-0.39, 0.29) is 11.6 Å². The summed E-state index contributed by atoms with van der Waals surface area (Å²) in [4.78, 5) is 5.58. The SMILES string of the molecule is CC1CC=C2c3ccccc3C3(C)CC=Cc4c(-c5ccccc5)cc5c(c2c1n5C(C)N=C(/C=C(\N)c1ccccc1)c1ccccc1)c43. The topological polar surface area (TPSA) is 43.3 Å². The van der Waals surface area contributed by atoms with Crippen LogP contribution in [0, 0.1) is 0 Å². The summed E-state index contributed by atoms with van der Waals surface area (Å²) in [6.07, 6.45) is 11.1. The van der Waals surface area contributed by atoms with Crippen LogP contribution in [0.5, 0.6) is 0 Å². The molecule has 1 heterocycles. The molecule has 50 heavy (non-hydrogen) atoms. The molecule has 0 radical (unpaired) electrons. The normalized spacial score (nSPS) is 19.9. The predicted octanol–water partition coefficient (Wildman–Crippen LogP) is 11.3. The highest BCUT2D eigenvalue weighted by Gasteiger charge is 2.43. The minimum absolute atomic E-state index is 0.181. The van der Waals surface area contributed by atoms with E-state index in [9.17, 15) is 0 Å². The molecule has 3 nitrogen and oxygen atoms in total. The summed E-state index contributed by atoms with van der Waals surface area (Å²) >= 11 is 0. The van der Waals surface area contributed by atoms with Crippen molar-refractivity contribution in [1.29, 1.82) is 0 Å². The van der Waals surface area contributed by atoms with Gasteiger partial charge >= 0.3 is 0 Å². The molecule has 1 aromatic heterocycles. The van der Waals surface area contributed by atoms with Crippen molar-refractivity contribution in [3.8, 4) is 11.1 Å². The van der Waals surface area contributed by atoms with Crippen molar-refractivity contribution in [3.05, 3.63) is 184 Å². The number of rotatable bonds is 6. The molecule has 3 aliphatic rings. The molecule has 0 amide bonds. The van der Waals surface area contributed by atoms with Gasteiger partial charge in [-0.3, -0.25) is 4.99 Å². The molecule has 0 bridgehead atoms. The van der Waals surface area contributed by atoms with Gasteiger partial charge in [0.25, 0.3) is 0 Å². The van der Waals surface area contributed by atoms with Gasteiger partial charge in [-0.1, -0.05) is 147 Å². The first kappa shape index (κ1) is 30.4. The fraction of sp³-hybridized carbons (Fsp3) is 0.170. The van der Waals surface area contributed by atoms with Gasteiger partial charge in [0.1, 0.15) is 6.17 Å². The fourth-order valence-corrected chi connectivity index (χ4v) is 8.90. The highest BCUT2D eigenvalue weighted by molar-refractivity contribution is 6.12. The molecule has 2 N–H and O–H groups in total. The number of hydrogen-bond acceptors (Lipinski definition) is 2. The molecule has 3 aliphatic carbocycles. The number of benzene rings is 5. The third-order valence-corrected chi connectivity index (χ3v) is 11.2. The third kappa shape index (κ3) is 4.60. The summed E-state index contributed by atoms with van der Waals surface area (Å²) in [5.74, 6) is 0.329. The first-order chi connectivity index (χ1) is 24.4. The van der Waals surface area contributed by atoms with E-state index in [1.807, 2.05) is 24.3 Å². The number of hydrogen-bond donors (Lipinski definition) is 1. The van der Waals surface area contributed by atoms with E-state index in [2.05, 4.69) is 147 Å². The second kappa shape index (κ2) is 11.7. The van der Waals surface area contributed by atoms with Crippen LogP contribution >= 0.6 is 0 Å². The van der Waals surface area contributed by atoms with Crippen LogP contribution in [0.1, 0.15) is 90.3 Å². The Balaban J connectivity index is 1.37. The molecule has 0 saturated heterocycles. The van der Waals surface area contributed by atoms with Crippen molar-refractivity contribution in [1.82, 2.24) is 4.57 Å². The van der Waals surface area contributed by atoms with Gasteiger partial charge in [-0.15, -0.1) is 0 Å². The summed E-state index contributed by atoms with van der Waals surface area (Å²) in [6, 6.07) is 43.2. The molecule has 6 aromatic rings. The van der Waals surface area contributed by atoms with E-state index >= 15 is 0 Å². The van der Waals surface area contributed by atoms with Crippen LogP contribution in [-0.2, 0) is 5.41 Å². The number of nitrogens with zero attached hydrogens (tertiary/aromatic N) is 2. The van der Waals surface area contributed by atoms with E-state index in [0.29, 0.717) is 11.6 Å². The van der Waals surface area contributed by atoms with Crippen LogP contribution in [0.3, 0.4) is 0 Å². The maximum Gasteiger partial charge on any atom is 0.123 e. The van der Waals surface area contributed by atoms with Gasteiger partial charge in [-0.05, 0) is 82.0 Å². The zero-order valence-corrected chi connectivity index (χ0v) is 28.9. The van der Waals surface area contributed by atoms with Gasteiger partial charge in [-0.25, -0.2) is 0 Å². The molecule has 3 unspecified atom stereocenters. The van der Waals surface area contributed by atoms with Crippen molar-refractivity contribution < 1.29 is 0 Å². The number of fused-ring (bicyclic) bond motifs is 3. The van der Waals surface area contributed by atoms with Gasteiger partial charge in [-0.2, -0.15) is 0 Å². The second-order valence-electron chi connectivity index (χ2n) is 14.3. The summed E-state index contributed by atoms with van der Waals surface area (Å²) in [5.41, 5.74) is 23.7. The van der Waals surface area contributed by atoms with Gasteiger partial charge in [0.15, 0.2) is 0 Å². The van der Waals surface area contributed by atoms with E-state index in [0.717, 1.165) is 29.7 Å². The lowest BCUT2D eigenvalue weighted by Crippen LogP contribution is -2.27. The Morgan fingerprint density at radius 2 is 1.52 bits per heavy atom. The van der Waals surface area contributed by atoms with Crippen LogP contribution in [0.4, 0.5) is 0 Å². The smallest absolute Gasteiger partial charge is 0.123 e. The van der Waals surface area contributed by atoms with Gasteiger partial charge in [0.05, 0.1) is 11.2 Å². The predicted molar refractivity (Wildman–Crippen MR) is 210 cm³/mol. The van der Waals surface area contributed by atoms with Crippen molar-refractivity contribution >= 4 is 34.0 Å². The molecular formula is C47H41N3. The Bertz CT molecular complexity index is 2410. The number of allylic oxidation sites excluding steroid dienone is 3. The maximum absolute atomic E-state index is 6.77. The summed E-state index contributed by atoms with van der Waals surface area (Å²) < 4.78 is 2.57. The Hall–Kier alpha value is -5.67. The molecule has 0 aliphatic heterocycles. The third-order valence-electron chi connectivity index (χ3n) is 11.2. The van der Waals surface area contributed by atoms with Crippen molar-refractivity contribution in [3.63, 3.8) is 0 Å². The lowest BCUT2D eigenvalue weighted by Gasteiger charge is -2.36. The molecular weight excluding hydrogens is 607 g/mol. The van der Waals surface area contributed by atoms with E-state index in [4.69, 9.17) is 10.7 Å². The van der Waals surface area contributed by atoms with Crippen molar-refractivity contribution in [2.45, 2.75) is 51.1 Å². The van der Waals surface area contributed by atoms with Crippen LogP contribution in [0.2, 0.25) is 0 Å². The molecule has 9 rings (SSSR count). The fourth-order valence-electron chi connectivity index (χ4n) is 8.90. The van der Waals surface area contributed by atoms with Crippen LogP contribution in [-0.4, -0.2) is 10.3 Å². The Morgan fingerprint density at radius 3 is 2.26 bits per heavy atom. The van der Waals surface area contributed by atoms with Crippen LogP contribution < -0.4 is 5.73 Å². The first-order valence-corrected chi connectivity index (χ1v) is 17.9. The molecule has 0 saturated carbocycles. The average molecular weight is 648 g/mol. The first-order valence-electron chi connectivity index (χ1n) is 17.9. The Labute approximate surface area is 294 Å². The zero-order valence-electron chi connectivity index (χ0n) is 28.9. The molecule has 5 aromatic carbocycles. The Kier molecular flexibility index (Phi) is 7.13. The molecule has 0 spiro atoms. The van der Waals surface area contributed by atoms with Gasteiger partial charge in [0, 0.05) is 33.7 Å². The molecule has 0 fully saturated rings. The largest absolute Gasteiger partial charge is 0.398 e. The molecule has 244 valence electrons. The van der Waals surface area contributed by atoms with Crippen molar-refractivity contribution in [2.75, 3.05) is 0 Å². The van der Waals surface area contributed by atoms with E-state index in [1.165, 1.54) is 61.1 Å². The zero-order chi connectivity index (χ0) is 34.0. The average Bonchev–Trinajstić information content (AvgIpc) is 3.47. The maximum atomic E-state index is 6.77. The number of aliphatic imine (C=N–C) groups is 1. The quantitative estimate of drug-likeness (QED) is 0.180. The Morgan fingerprint density at radius 1 is 0.860 bits per heavy atom. The monoisotopic (exact) mass is 647 g/mol. The highest BCUT2D eigenvalue weighted by Crippen LogP contribution is 2.57. The van der Waals surface area contributed by atoms with E-state index < -0.39 is 0 Å². The molecule has 3 heteroatoms. The summed E-state index contributed by atoms with van der Waals surface area (Å²) in [5, 5.41) is 1.39. The second-order valence-corrected chi connectivity index (χ2v) is 14.3. The number of aromatic nitrogens is 1. The molecule has 3 atom stereocenters.